The summed E-state index contributed by atoms with van der Waals surface area (Å²) in [6.07, 6.45) is 10.5. The molecule has 0 bridgehead atoms. The van der Waals surface area contributed by atoms with E-state index in [9.17, 15) is 0 Å². The van der Waals surface area contributed by atoms with Crippen LogP contribution < -0.4 is 0 Å². The molecule has 0 amide bonds. The molecule has 0 fully saturated rings. The zero-order valence-electron chi connectivity index (χ0n) is 6.04. The maximum atomic E-state index is 5.11. The van der Waals surface area contributed by atoms with Gasteiger partial charge in [-0.05, 0) is 0 Å². The van der Waals surface area contributed by atoms with E-state index >= 15 is 0 Å². The van der Waals surface area contributed by atoms with Crippen molar-refractivity contribution in [1.82, 2.24) is 9.55 Å². The molecule has 0 N–H and O–H groups in total. The summed E-state index contributed by atoms with van der Waals surface area (Å²) in [5.74, 6) is 3.63. The van der Waals surface area contributed by atoms with Gasteiger partial charge in [-0.15, -0.1) is 12.3 Å². The largest absolute Gasteiger partial charge is 0.338 e. The van der Waals surface area contributed by atoms with Gasteiger partial charge in [0.25, 0.3) is 0 Å². The van der Waals surface area contributed by atoms with Gasteiger partial charge in [-0.3, -0.25) is 0 Å². The monoisotopic (exact) mass is 134 g/mol. The molecule has 0 saturated carbocycles. The lowest BCUT2D eigenvalue weighted by Gasteiger charge is -1.95. The Hall–Kier alpha value is -1.23. The first-order chi connectivity index (χ1) is 4.84. The first-order valence-corrected chi connectivity index (χ1v) is 3.24. The molecule has 0 aliphatic carbocycles. The van der Waals surface area contributed by atoms with Crippen molar-refractivity contribution in [3.05, 3.63) is 18.2 Å². The number of nitrogens with zero attached hydrogens (tertiary/aromatic N) is 2. The van der Waals surface area contributed by atoms with E-state index < -0.39 is 0 Å². The SMILES string of the molecule is C#CCCc1nccn1C. The maximum absolute atomic E-state index is 5.11. The third kappa shape index (κ3) is 1.38. The Morgan fingerprint density at radius 3 is 3.10 bits per heavy atom. The molecule has 0 saturated heterocycles. The lowest BCUT2D eigenvalue weighted by atomic mass is 10.3. The van der Waals surface area contributed by atoms with E-state index in [0.717, 1.165) is 18.7 Å². The zero-order valence-corrected chi connectivity index (χ0v) is 6.04. The Labute approximate surface area is 60.9 Å². The van der Waals surface area contributed by atoms with E-state index in [0.29, 0.717) is 0 Å². The lowest BCUT2D eigenvalue weighted by molar-refractivity contribution is 0.786. The molecule has 2 heteroatoms. The van der Waals surface area contributed by atoms with Crippen molar-refractivity contribution in [2.24, 2.45) is 7.05 Å². The van der Waals surface area contributed by atoms with Crippen LogP contribution in [-0.4, -0.2) is 9.55 Å². The molecular weight excluding hydrogens is 124 g/mol. The second-order valence-electron chi connectivity index (χ2n) is 2.16. The van der Waals surface area contributed by atoms with Crippen LogP contribution >= 0.6 is 0 Å². The van der Waals surface area contributed by atoms with Gasteiger partial charge in [-0.2, -0.15) is 0 Å². The van der Waals surface area contributed by atoms with Gasteiger partial charge in [0.05, 0.1) is 0 Å². The maximum Gasteiger partial charge on any atom is 0.109 e. The molecule has 0 aliphatic heterocycles. The number of hydrogen-bond donors (Lipinski definition) is 0. The second-order valence-corrected chi connectivity index (χ2v) is 2.16. The summed E-state index contributed by atoms with van der Waals surface area (Å²) in [6, 6.07) is 0. The molecule has 1 aromatic rings. The van der Waals surface area contributed by atoms with Gasteiger partial charge in [-0.25, -0.2) is 4.98 Å². The lowest BCUT2D eigenvalue weighted by Crippen LogP contribution is -1.95. The van der Waals surface area contributed by atoms with E-state index in [4.69, 9.17) is 6.42 Å². The predicted octanol–water partition coefficient (Wildman–Crippen LogP) is 0.986. The number of terminal acetylenes is 1. The Bertz CT molecular complexity index is 242. The van der Waals surface area contributed by atoms with Crippen molar-refractivity contribution in [3.63, 3.8) is 0 Å². The number of rotatable bonds is 2. The van der Waals surface area contributed by atoms with Crippen LogP contribution in [0.3, 0.4) is 0 Å². The third-order valence-electron chi connectivity index (χ3n) is 1.41. The van der Waals surface area contributed by atoms with Crippen LogP contribution in [0.2, 0.25) is 0 Å². The highest BCUT2D eigenvalue weighted by molar-refractivity contribution is 4.95. The van der Waals surface area contributed by atoms with E-state index in [1.807, 2.05) is 17.8 Å². The van der Waals surface area contributed by atoms with Crippen molar-refractivity contribution >= 4 is 0 Å². The van der Waals surface area contributed by atoms with E-state index in [-0.39, 0.29) is 0 Å². The minimum atomic E-state index is 0.769. The number of imidazole rings is 1. The normalized spacial score (nSPS) is 9.20. The Balaban J connectivity index is 2.59. The fourth-order valence-corrected chi connectivity index (χ4v) is 0.821. The average Bonchev–Trinajstić information content (AvgIpc) is 2.31. The second kappa shape index (κ2) is 3.07. The molecule has 0 aliphatic rings. The third-order valence-corrected chi connectivity index (χ3v) is 1.41. The van der Waals surface area contributed by atoms with Crippen LogP contribution in [0.5, 0.6) is 0 Å². The summed E-state index contributed by atoms with van der Waals surface area (Å²) in [7, 11) is 1.97. The number of hydrogen-bond acceptors (Lipinski definition) is 1. The molecular formula is C8H10N2. The van der Waals surface area contributed by atoms with Gasteiger partial charge in [0.15, 0.2) is 0 Å². The molecule has 0 atom stereocenters. The summed E-state index contributed by atoms with van der Waals surface area (Å²) < 4.78 is 1.98. The highest BCUT2D eigenvalue weighted by atomic mass is 15.0. The van der Waals surface area contributed by atoms with Crippen LogP contribution in [-0.2, 0) is 13.5 Å². The van der Waals surface area contributed by atoms with Crippen molar-refractivity contribution in [1.29, 1.82) is 0 Å². The van der Waals surface area contributed by atoms with Crippen molar-refractivity contribution in [2.75, 3.05) is 0 Å². The molecule has 52 valence electrons. The van der Waals surface area contributed by atoms with Crippen molar-refractivity contribution in [3.8, 4) is 12.3 Å². The molecule has 1 rings (SSSR count). The van der Waals surface area contributed by atoms with Crippen LogP contribution in [0.15, 0.2) is 12.4 Å². The quantitative estimate of drug-likeness (QED) is 0.551. The molecule has 1 heterocycles. The van der Waals surface area contributed by atoms with E-state index in [1.165, 1.54) is 0 Å². The number of aromatic nitrogens is 2. The summed E-state index contributed by atoms with van der Waals surface area (Å²) in [5, 5.41) is 0. The molecule has 0 unspecified atom stereocenters. The smallest absolute Gasteiger partial charge is 0.109 e. The number of aryl methyl sites for hydroxylation is 2. The Kier molecular flexibility index (Phi) is 2.11. The molecule has 1 aromatic heterocycles. The summed E-state index contributed by atoms with van der Waals surface area (Å²) >= 11 is 0. The van der Waals surface area contributed by atoms with Gasteiger partial charge < -0.3 is 4.57 Å². The van der Waals surface area contributed by atoms with Gasteiger partial charge in [0.1, 0.15) is 5.82 Å². The highest BCUT2D eigenvalue weighted by Gasteiger charge is 1.94. The molecule has 0 aromatic carbocycles. The fraction of sp³-hybridized carbons (Fsp3) is 0.375. The van der Waals surface area contributed by atoms with Crippen molar-refractivity contribution in [2.45, 2.75) is 12.8 Å². The summed E-state index contributed by atoms with van der Waals surface area (Å²) in [5.41, 5.74) is 0. The fourth-order valence-electron chi connectivity index (χ4n) is 0.821. The first kappa shape index (κ1) is 6.88. The van der Waals surface area contributed by atoms with Gasteiger partial charge in [-0.1, -0.05) is 0 Å². The standard InChI is InChI=1S/C8H10N2/c1-3-4-5-8-9-6-7-10(8)2/h1,6-7H,4-5H2,2H3. The van der Waals surface area contributed by atoms with Gasteiger partial charge in [0, 0.05) is 32.3 Å². The highest BCUT2D eigenvalue weighted by Crippen LogP contribution is 1.96. The van der Waals surface area contributed by atoms with E-state index in [1.54, 1.807) is 6.20 Å². The summed E-state index contributed by atoms with van der Waals surface area (Å²) in [6.45, 7) is 0. The van der Waals surface area contributed by atoms with Gasteiger partial charge >= 0.3 is 0 Å². The van der Waals surface area contributed by atoms with Crippen LogP contribution in [0.25, 0.3) is 0 Å². The topological polar surface area (TPSA) is 17.8 Å². The minimum absolute atomic E-state index is 0.769. The van der Waals surface area contributed by atoms with Crippen LogP contribution in [0.1, 0.15) is 12.2 Å². The van der Waals surface area contributed by atoms with Crippen LogP contribution in [0, 0.1) is 12.3 Å². The molecule has 10 heavy (non-hydrogen) atoms. The predicted molar refractivity (Wildman–Crippen MR) is 40.4 cm³/mol. The molecule has 2 nitrogen and oxygen atoms in total. The first-order valence-electron chi connectivity index (χ1n) is 3.24. The van der Waals surface area contributed by atoms with Gasteiger partial charge in [0.2, 0.25) is 0 Å². The Morgan fingerprint density at radius 1 is 1.80 bits per heavy atom. The minimum Gasteiger partial charge on any atom is -0.338 e. The van der Waals surface area contributed by atoms with Crippen molar-refractivity contribution < 1.29 is 0 Å². The summed E-state index contributed by atoms with van der Waals surface area (Å²) in [4.78, 5) is 4.12. The van der Waals surface area contributed by atoms with E-state index in [2.05, 4.69) is 10.9 Å². The molecule has 0 spiro atoms. The Morgan fingerprint density at radius 2 is 2.60 bits per heavy atom. The molecule has 0 radical (unpaired) electrons. The van der Waals surface area contributed by atoms with Crippen LogP contribution in [0.4, 0.5) is 0 Å². The average molecular weight is 134 g/mol. The zero-order chi connectivity index (χ0) is 7.40.